The fourth-order valence-corrected chi connectivity index (χ4v) is 3.52. The highest BCUT2D eigenvalue weighted by molar-refractivity contribution is 5.77. The van der Waals surface area contributed by atoms with Crippen molar-refractivity contribution in [2.45, 2.75) is 72.6 Å². The minimum absolute atomic E-state index is 0.0206. The van der Waals surface area contributed by atoms with E-state index in [1.165, 1.54) is 27.8 Å². The van der Waals surface area contributed by atoms with Crippen molar-refractivity contribution >= 4 is 17.9 Å². The van der Waals surface area contributed by atoms with E-state index in [0.717, 1.165) is 19.3 Å². The third kappa shape index (κ3) is 10.1. The Kier molecular flexibility index (Phi) is 13.6. The van der Waals surface area contributed by atoms with Crippen LogP contribution in [0.4, 0.5) is 0 Å². The van der Waals surface area contributed by atoms with Crippen LogP contribution in [0.5, 0.6) is 0 Å². The Labute approximate surface area is 170 Å². The third-order valence-corrected chi connectivity index (χ3v) is 5.32. The monoisotopic (exact) mass is 400 g/mol. The van der Waals surface area contributed by atoms with Crippen LogP contribution in [0, 0.1) is 29.6 Å². The van der Waals surface area contributed by atoms with Gasteiger partial charge < -0.3 is 14.2 Å². The van der Waals surface area contributed by atoms with Crippen molar-refractivity contribution in [3.63, 3.8) is 0 Å². The molecule has 6 nitrogen and oxygen atoms in total. The summed E-state index contributed by atoms with van der Waals surface area (Å²) < 4.78 is 14.8. The fraction of sp³-hybridized carbons (Fsp3) is 0.864. The molecular formula is C22H40O6. The molecular weight excluding hydrogens is 360 g/mol. The van der Waals surface area contributed by atoms with Gasteiger partial charge in [-0.2, -0.15) is 0 Å². The zero-order valence-electron chi connectivity index (χ0n) is 18.8. The number of carbonyl (C=O) groups excluding carboxylic acids is 3. The van der Waals surface area contributed by atoms with Crippen molar-refractivity contribution in [2.75, 3.05) is 21.3 Å². The Balaban J connectivity index is 5.10. The molecule has 0 saturated heterocycles. The minimum Gasteiger partial charge on any atom is -0.469 e. The molecule has 0 saturated carbocycles. The molecule has 0 aliphatic carbocycles. The topological polar surface area (TPSA) is 78.9 Å². The lowest BCUT2D eigenvalue weighted by Crippen LogP contribution is -2.31. The summed E-state index contributed by atoms with van der Waals surface area (Å²) in [5.41, 5.74) is 0. The summed E-state index contributed by atoms with van der Waals surface area (Å²) in [6.07, 6.45) is 5.55. The molecule has 6 heteroatoms. The molecule has 3 atom stereocenters. The third-order valence-electron chi connectivity index (χ3n) is 5.32. The Hall–Kier alpha value is -1.59. The number of hydrogen-bond acceptors (Lipinski definition) is 6. The number of methoxy groups -OCH3 is 3. The van der Waals surface area contributed by atoms with E-state index in [9.17, 15) is 14.4 Å². The number of rotatable bonds is 14. The molecule has 0 bridgehead atoms. The number of esters is 3. The van der Waals surface area contributed by atoms with Crippen molar-refractivity contribution in [1.82, 2.24) is 0 Å². The normalized spacial score (nSPS) is 14.5. The first-order chi connectivity index (χ1) is 13.2. The van der Waals surface area contributed by atoms with E-state index in [0.29, 0.717) is 25.2 Å². The second kappa shape index (κ2) is 14.4. The molecule has 0 aliphatic heterocycles. The Morgan fingerprint density at radius 2 is 1.14 bits per heavy atom. The summed E-state index contributed by atoms with van der Waals surface area (Å²) >= 11 is 0. The van der Waals surface area contributed by atoms with Crippen molar-refractivity contribution in [2.24, 2.45) is 29.6 Å². The molecule has 0 fully saturated rings. The average Bonchev–Trinajstić information content (AvgIpc) is 2.66. The highest BCUT2D eigenvalue weighted by Gasteiger charge is 2.34. The number of ether oxygens (including phenoxy) is 3. The highest BCUT2D eigenvalue weighted by Crippen LogP contribution is 2.29. The molecule has 0 N–H and O–H groups in total. The highest BCUT2D eigenvalue weighted by atomic mass is 16.5. The van der Waals surface area contributed by atoms with E-state index < -0.39 is 17.8 Å². The summed E-state index contributed by atoms with van der Waals surface area (Å²) in [7, 11) is 4.04. The van der Waals surface area contributed by atoms with Crippen LogP contribution in [0.15, 0.2) is 0 Å². The average molecular weight is 401 g/mol. The van der Waals surface area contributed by atoms with Crippen LogP contribution in [-0.4, -0.2) is 39.2 Å². The van der Waals surface area contributed by atoms with E-state index in [-0.39, 0.29) is 23.8 Å². The largest absolute Gasteiger partial charge is 0.469 e. The molecule has 0 amide bonds. The van der Waals surface area contributed by atoms with Gasteiger partial charge in [0.15, 0.2) is 0 Å². The van der Waals surface area contributed by atoms with Crippen LogP contribution in [0.25, 0.3) is 0 Å². The van der Waals surface area contributed by atoms with Crippen molar-refractivity contribution in [3.05, 3.63) is 0 Å². The first-order valence-electron chi connectivity index (χ1n) is 10.4. The van der Waals surface area contributed by atoms with E-state index in [4.69, 9.17) is 14.2 Å². The molecule has 0 aromatic heterocycles. The first kappa shape index (κ1) is 26.4. The quantitative estimate of drug-likeness (QED) is 0.244. The van der Waals surface area contributed by atoms with E-state index >= 15 is 0 Å². The lowest BCUT2D eigenvalue weighted by molar-refractivity contribution is -0.152. The molecule has 0 aliphatic rings. The molecule has 0 spiro atoms. The molecule has 0 heterocycles. The Morgan fingerprint density at radius 3 is 1.61 bits per heavy atom. The summed E-state index contributed by atoms with van der Waals surface area (Å²) in [5, 5.41) is 0. The molecule has 164 valence electrons. The van der Waals surface area contributed by atoms with Gasteiger partial charge in [0.1, 0.15) is 0 Å². The number of carbonyl (C=O) groups is 3. The van der Waals surface area contributed by atoms with E-state index in [1.807, 2.05) is 13.8 Å². The van der Waals surface area contributed by atoms with Gasteiger partial charge in [-0.15, -0.1) is 0 Å². The van der Waals surface area contributed by atoms with Crippen LogP contribution in [-0.2, 0) is 28.6 Å². The van der Waals surface area contributed by atoms with Crippen molar-refractivity contribution in [1.29, 1.82) is 0 Å². The zero-order chi connectivity index (χ0) is 21.7. The van der Waals surface area contributed by atoms with Gasteiger partial charge in [0.25, 0.3) is 0 Å². The standard InChI is InChI=1S/C22H40O6/c1-15(2)11-9-8-10-12-17(20(23)26-5)13-18(21(24)27-6)14-19(16(3)4)22(25)28-7/h15-19H,8-14H2,1-7H3. The lowest BCUT2D eigenvalue weighted by atomic mass is 9.81. The zero-order valence-corrected chi connectivity index (χ0v) is 18.8. The van der Waals surface area contributed by atoms with Crippen LogP contribution in [0.1, 0.15) is 72.6 Å². The van der Waals surface area contributed by atoms with Crippen molar-refractivity contribution in [3.8, 4) is 0 Å². The fourth-order valence-electron chi connectivity index (χ4n) is 3.52. The summed E-state index contributed by atoms with van der Waals surface area (Å²) in [6.45, 7) is 8.24. The van der Waals surface area contributed by atoms with E-state index in [2.05, 4.69) is 13.8 Å². The Bertz CT molecular complexity index is 472. The van der Waals surface area contributed by atoms with Gasteiger partial charge in [-0.3, -0.25) is 14.4 Å². The molecule has 3 unspecified atom stereocenters. The van der Waals surface area contributed by atoms with Gasteiger partial charge in [0.05, 0.1) is 39.1 Å². The predicted octanol–water partition coefficient (Wildman–Crippen LogP) is 4.40. The van der Waals surface area contributed by atoms with Gasteiger partial charge in [-0.25, -0.2) is 0 Å². The molecule has 0 radical (unpaired) electrons. The van der Waals surface area contributed by atoms with Gasteiger partial charge in [-0.1, -0.05) is 53.4 Å². The summed E-state index contributed by atoms with van der Waals surface area (Å²) in [6, 6.07) is 0. The minimum atomic E-state index is -0.545. The summed E-state index contributed by atoms with van der Waals surface area (Å²) in [5.74, 6) is -1.70. The van der Waals surface area contributed by atoms with Gasteiger partial charge in [0.2, 0.25) is 0 Å². The summed E-state index contributed by atoms with van der Waals surface area (Å²) in [4.78, 5) is 36.7. The van der Waals surface area contributed by atoms with Crippen LogP contribution in [0.2, 0.25) is 0 Å². The number of hydrogen-bond donors (Lipinski definition) is 0. The maximum absolute atomic E-state index is 12.4. The molecule has 28 heavy (non-hydrogen) atoms. The van der Waals surface area contributed by atoms with Crippen LogP contribution in [0.3, 0.4) is 0 Å². The van der Waals surface area contributed by atoms with Crippen LogP contribution >= 0.6 is 0 Å². The second-order valence-corrected chi connectivity index (χ2v) is 8.32. The smallest absolute Gasteiger partial charge is 0.308 e. The Morgan fingerprint density at radius 1 is 0.643 bits per heavy atom. The number of unbranched alkanes of at least 4 members (excludes halogenated alkanes) is 2. The SMILES string of the molecule is COC(=O)C(CCCCCC(C)C)CC(CC(C(=O)OC)C(C)C)C(=O)OC. The van der Waals surface area contributed by atoms with Gasteiger partial charge in [0, 0.05) is 0 Å². The molecule has 0 aromatic carbocycles. The van der Waals surface area contributed by atoms with E-state index in [1.54, 1.807) is 0 Å². The maximum Gasteiger partial charge on any atom is 0.308 e. The van der Waals surface area contributed by atoms with Gasteiger partial charge >= 0.3 is 17.9 Å². The predicted molar refractivity (Wildman–Crippen MR) is 109 cm³/mol. The van der Waals surface area contributed by atoms with Crippen molar-refractivity contribution < 1.29 is 28.6 Å². The molecule has 0 aromatic rings. The van der Waals surface area contributed by atoms with Gasteiger partial charge in [-0.05, 0) is 31.1 Å². The molecule has 0 rings (SSSR count). The first-order valence-corrected chi connectivity index (χ1v) is 10.4. The second-order valence-electron chi connectivity index (χ2n) is 8.32. The maximum atomic E-state index is 12.4. The lowest BCUT2D eigenvalue weighted by Gasteiger charge is -2.25. The van der Waals surface area contributed by atoms with Crippen LogP contribution < -0.4 is 0 Å².